The number of carbonyl (C=O) groups excluding carboxylic acids is 3. The minimum Gasteiger partial charge on any atom is -0.490 e. The molecule has 1 aromatic carbocycles. The summed E-state index contributed by atoms with van der Waals surface area (Å²) in [5, 5.41) is -0.273. The molecule has 1 fully saturated rings. The van der Waals surface area contributed by atoms with Gasteiger partial charge in [-0.05, 0) is 55.8 Å². The standard InChI is InChI=1S/C19H22BrNO6S/c1-5-11(3)21-18(23)16(28-19(21)24)8-12-7-14(26-6-2)15(9-13(12)20)27-10-17(22)25-4/h7-9,11H,5-6,10H2,1-4H3/b16-8+/t11-/m1/s1. The first kappa shape index (κ1) is 22.3. The van der Waals surface area contributed by atoms with Crippen LogP contribution in [0.15, 0.2) is 21.5 Å². The van der Waals surface area contributed by atoms with Gasteiger partial charge in [-0.15, -0.1) is 0 Å². The fraction of sp³-hybridized carbons (Fsp3) is 0.421. The van der Waals surface area contributed by atoms with Crippen LogP contribution >= 0.6 is 27.7 Å². The fourth-order valence-electron chi connectivity index (χ4n) is 2.42. The van der Waals surface area contributed by atoms with Crippen molar-refractivity contribution >= 4 is 50.9 Å². The summed E-state index contributed by atoms with van der Waals surface area (Å²) in [6, 6.07) is 3.19. The van der Waals surface area contributed by atoms with Crippen LogP contribution in [0.1, 0.15) is 32.8 Å². The molecular formula is C19H22BrNO6S. The molecular weight excluding hydrogens is 450 g/mol. The van der Waals surface area contributed by atoms with Gasteiger partial charge in [-0.1, -0.05) is 22.9 Å². The van der Waals surface area contributed by atoms with Crippen molar-refractivity contribution in [2.24, 2.45) is 0 Å². The summed E-state index contributed by atoms with van der Waals surface area (Å²) in [6.07, 6.45) is 2.33. The van der Waals surface area contributed by atoms with Gasteiger partial charge in [-0.2, -0.15) is 0 Å². The second kappa shape index (κ2) is 9.97. The Morgan fingerprint density at radius 3 is 2.54 bits per heavy atom. The Bertz CT molecular complexity index is 810. The maximum Gasteiger partial charge on any atom is 0.343 e. The average molecular weight is 472 g/mol. The van der Waals surface area contributed by atoms with Gasteiger partial charge in [0.05, 0.1) is 18.6 Å². The van der Waals surface area contributed by atoms with Crippen LogP contribution in [-0.2, 0) is 14.3 Å². The lowest BCUT2D eigenvalue weighted by Crippen LogP contribution is -2.36. The second-order valence-electron chi connectivity index (χ2n) is 5.93. The van der Waals surface area contributed by atoms with Crippen molar-refractivity contribution in [3.05, 3.63) is 27.1 Å². The Balaban J connectivity index is 2.34. The van der Waals surface area contributed by atoms with Crippen molar-refractivity contribution in [2.45, 2.75) is 33.2 Å². The van der Waals surface area contributed by atoms with Gasteiger partial charge >= 0.3 is 5.97 Å². The van der Waals surface area contributed by atoms with Crippen molar-refractivity contribution in [2.75, 3.05) is 20.3 Å². The highest BCUT2D eigenvalue weighted by molar-refractivity contribution is 9.10. The maximum absolute atomic E-state index is 12.6. The average Bonchev–Trinajstić information content (AvgIpc) is 2.95. The van der Waals surface area contributed by atoms with Gasteiger partial charge < -0.3 is 14.2 Å². The van der Waals surface area contributed by atoms with E-state index in [0.717, 1.165) is 11.8 Å². The Morgan fingerprint density at radius 2 is 1.93 bits per heavy atom. The van der Waals surface area contributed by atoms with E-state index in [1.165, 1.54) is 12.0 Å². The van der Waals surface area contributed by atoms with Crippen molar-refractivity contribution in [3.8, 4) is 11.5 Å². The van der Waals surface area contributed by atoms with Crippen LogP contribution in [0.4, 0.5) is 4.79 Å². The number of hydrogen-bond acceptors (Lipinski definition) is 7. The molecule has 0 aromatic heterocycles. The third-order valence-corrected chi connectivity index (χ3v) is 5.65. The lowest BCUT2D eigenvalue weighted by Gasteiger charge is -2.19. The highest BCUT2D eigenvalue weighted by atomic mass is 79.9. The van der Waals surface area contributed by atoms with E-state index >= 15 is 0 Å². The number of carbonyl (C=O) groups is 3. The highest BCUT2D eigenvalue weighted by Gasteiger charge is 2.37. The molecule has 1 heterocycles. The summed E-state index contributed by atoms with van der Waals surface area (Å²) < 4.78 is 16.3. The molecule has 0 N–H and O–H groups in total. The van der Waals surface area contributed by atoms with Gasteiger partial charge in [-0.3, -0.25) is 14.5 Å². The number of hydrogen-bond donors (Lipinski definition) is 0. The zero-order valence-corrected chi connectivity index (χ0v) is 18.5. The van der Waals surface area contributed by atoms with Crippen LogP contribution in [0.25, 0.3) is 6.08 Å². The Kier molecular flexibility index (Phi) is 7.94. The lowest BCUT2D eigenvalue weighted by atomic mass is 10.1. The van der Waals surface area contributed by atoms with E-state index < -0.39 is 5.97 Å². The number of rotatable bonds is 8. The number of halogens is 1. The summed E-state index contributed by atoms with van der Waals surface area (Å²) >= 11 is 4.36. The number of imide groups is 1. The number of amides is 2. The molecule has 7 nitrogen and oxygen atoms in total. The zero-order valence-electron chi connectivity index (χ0n) is 16.1. The largest absolute Gasteiger partial charge is 0.490 e. The predicted octanol–water partition coefficient (Wildman–Crippen LogP) is 4.23. The molecule has 1 aromatic rings. The van der Waals surface area contributed by atoms with Gasteiger partial charge in [0, 0.05) is 10.5 Å². The zero-order chi connectivity index (χ0) is 20.8. The minimum absolute atomic E-state index is 0.157. The number of thioether (sulfide) groups is 1. The van der Waals surface area contributed by atoms with Crippen LogP contribution in [0.5, 0.6) is 11.5 Å². The first-order valence-corrected chi connectivity index (χ1v) is 10.4. The smallest absolute Gasteiger partial charge is 0.343 e. The van der Waals surface area contributed by atoms with Crippen molar-refractivity contribution in [1.82, 2.24) is 4.90 Å². The predicted molar refractivity (Wildman–Crippen MR) is 110 cm³/mol. The number of nitrogens with zero attached hydrogens (tertiary/aromatic N) is 1. The van der Waals surface area contributed by atoms with Gasteiger partial charge in [0.2, 0.25) is 0 Å². The third-order valence-electron chi connectivity index (χ3n) is 4.08. The number of methoxy groups -OCH3 is 1. The quantitative estimate of drug-likeness (QED) is 0.414. The third kappa shape index (κ3) is 5.08. The summed E-state index contributed by atoms with van der Waals surface area (Å²) in [7, 11) is 1.28. The van der Waals surface area contributed by atoms with Crippen LogP contribution in [0.2, 0.25) is 0 Å². The van der Waals surface area contributed by atoms with Gasteiger partial charge in [-0.25, -0.2) is 4.79 Å². The topological polar surface area (TPSA) is 82.1 Å². The van der Waals surface area contributed by atoms with E-state index in [0.29, 0.717) is 39.5 Å². The van der Waals surface area contributed by atoms with Crippen LogP contribution in [-0.4, -0.2) is 48.4 Å². The molecule has 1 saturated heterocycles. The van der Waals surface area contributed by atoms with Crippen molar-refractivity contribution in [1.29, 1.82) is 0 Å². The van der Waals surface area contributed by atoms with E-state index in [1.807, 2.05) is 20.8 Å². The molecule has 2 amide bonds. The Morgan fingerprint density at radius 1 is 1.25 bits per heavy atom. The Labute approximate surface area is 176 Å². The summed E-state index contributed by atoms with van der Waals surface area (Å²) in [4.78, 5) is 37.8. The van der Waals surface area contributed by atoms with E-state index in [1.54, 1.807) is 18.2 Å². The van der Waals surface area contributed by atoms with Crippen molar-refractivity contribution < 1.29 is 28.6 Å². The molecule has 9 heteroatoms. The molecule has 1 aliphatic rings. The molecule has 0 unspecified atom stereocenters. The summed E-state index contributed by atoms with van der Waals surface area (Å²) in [5.74, 6) is -0.0346. The molecule has 2 rings (SSSR count). The first-order valence-electron chi connectivity index (χ1n) is 8.75. The molecule has 28 heavy (non-hydrogen) atoms. The summed E-state index contributed by atoms with van der Waals surface area (Å²) in [6.45, 7) is 5.73. The van der Waals surface area contributed by atoms with Crippen LogP contribution < -0.4 is 9.47 Å². The van der Waals surface area contributed by atoms with E-state index in [4.69, 9.17) is 9.47 Å². The van der Waals surface area contributed by atoms with Gasteiger partial charge in [0.15, 0.2) is 18.1 Å². The molecule has 1 atom stereocenters. The molecule has 0 spiro atoms. The summed E-state index contributed by atoms with van der Waals surface area (Å²) in [5.41, 5.74) is 0.656. The molecule has 152 valence electrons. The molecule has 1 aliphatic heterocycles. The number of ether oxygens (including phenoxy) is 3. The first-order chi connectivity index (χ1) is 13.3. The number of esters is 1. The Hall–Kier alpha value is -2.00. The molecule has 0 bridgehead atoms. The van der Waals surface area contributed by atoms with Crippen LogP contribution in [0.3, 0.4) is 0 Å². The number of benzene rings is 1. The normalized spacial score (nSPS) is 16.5. The SMILES string of the molecule is CCOc1cc(/C=C2/SC(=O)N([C@H](C)CC)C2=O)c(Br)cc1OCC(=O)OC. The molecule has 0 radical (unpaired) electrons. The van der Waals surface area contributed by atoms with Crippen LogP contribution in [0, 0.1) is 0 Å². The van der Waals surface area contributed by atoms with Crippen molar-refractivity contribution in [3.63, 3.8) is 0 Å². The van der Waals surface area contributed by atoms with E-state index in [9.17, 15) is 14.4 Å². The molecule has 0 saturated carbocycles. The maximum atomic E-state index is 12.6. The minimum atomic E-state index is -0.513. The van der Waals surface area contributed by atoms with E-state index in [2.05, 4.69) is 20.7 Å². The molecule has 0 aliphatic carbocycles. The van der Waals surface area contributed by atoms with Gasteiger partial charge in [0.1, 0.15) is 0 Å². The lowest BCUT2D eigenvalue weighted by molar-refractivity contribution is -0.143. The van der Waals surface area contributed by atoms with Gasteiger partial charge in [0.25, 0.3) is 11.1 Å². The highest BCUT2D eigenvalue weighted by Crippen LogP contribution is 2.38. The van der Waals surface area contributed by atoms with E-state index in [-0.39, 0.29) is 23.8 Å². The monoisotopic (exact) mass is 471 g/mol. The fourth-order valence-corrected chi connectivity index (χ4v) is 3.78. The second-order valence-corrected chi connectivity index (χ2v) is 7.77.